The van der Waals surface area contributed by atoms with Crippen molar-refractivity contribution in [3.8, 4) is 10.7 Å². The van der Waals surface area contributed by atoms with Gasteiger partial charge in [0.05, 0.1) is 4.88 Å². The van der Waals surface area contributed by atoms with Crippen molar-refractivity contribution in [2.45, 2.75) is 5.75 Å². The quantitative estimate of drug-likeness (QED) is 0.858. The van der Waals surface area contributed by atoms with Gasteiger partial charge in [0.15, 0.2) is 20.4 Å². The summed E-state index contributed by atoms with van der Waals surface area (Å²) in [5.41, 5.74) is 0. The Hall–Kier alpha value is -1.06. The normalized spacial score (nSPS) is 11.9. The Morgan fingerprint density at radius 2 is 2.29 bits per heavy atom. The smallest absolute Gasteiger partial charge is 0.195 e. The van der Waals surface area contributed by atoms with Gasteiger partial charge in [-0.25, -0.2) is 13.4 Å². The van der Waals surface area contributed by atoms with Gasteiger partial charge in [-0.2, -0.15) is 5.10 Å². The van der Waals surface area contributed by atoms with E-state index in [0.717, 1.165) is 4.88 Å². The number of aromatic amines is 1. The number of rotatable bonds is 3. The van der Waals surface area contributed by atoms with Crippen LogP contribution >= 0.6 is 23.6 Å². The van der Waals surface area contributed by atoms with Crippen molar-refractivity contribution in [3.63, 3.8) is 0 Å². The van der Waals surface area contributed by atoms with Crippen LogP contribution in [0, 0.1) is 4.77 Å². The summed E-state index contributed by atoms with van der Waals surface area (Å²) in [5, 5.41) is 7.28. The highest BCUT2D eigenvalue weighted by molar-refractivity contribution is 7.90. The molecular weight excluding hydrogens is 280 g/mol. The van der Waals surface area contributed by atoms with E-state index in [1.807, 2.05) is 0 Å². The van der Waals surface area contributed by atoms with Crippen molar-refractivity contribution in [1.82, 2.24) is 19.7 Å². The predicted octanol–water partition coefficient (Wildman–Crippen LogP) is 1.15. The summed E-state index contributed by atoms with van der Waals surface area (Å²) in [7, 11) is -1.27. The molecule has 0 fully saturated rings. The van der Waals surface area contributed by atoms with Gasteiger partial charge in [-0.3, -0.25) is 5.10 Å². The van der Waals surface area contributed by atoms with E-state index in [1.165, 1.54) is 17.6 Å². The molecule has 0 aliphatic carbocycles. The highest BCUT2D eigenvalue weighted by atomic mass is 32.2. The standard InChI is InChI=1S/C8H10N4O2S3/c1-12-7(10-11-8(12)15)5-3-9-6(16-5)4-17(2,13)14/h3H,4H2,1-2H3,(H,11,15). The van der Waals surface area contributed by atoms with Crippen LogP contribution in [0.2, 0.25) is 0 Å². The van der Waals surface area contributed by atoms with Gasteiger partial charge in [-0.15, -0.1) is 11.3 Å². The second kappa shape index (κ2) is 4.31. The lowest BCUT2D eigenvalue weighted by molar-refractivity contribution is 0.601. The minimum atomic E-state index is -3.06. The first-order valence-corrected chi connectivity index (χ1v) is 7.89. The van der Waals surface area contributed by atoms with Crippen LogP contribution in [0.15, 0.2) is 6.20 Å². The first kappa shape index (κ1) is 12.4. The van der Waals surface area contributed by atoms with E-state index in [-0.39, 0.29) is 5.75 Å². The number of hydrogen-bond acceptors (Lipinski definition) is 6. The molecule has 2 rings (SSSR count). The minimum Gasteiger partial charge on any atom is -0.303 e. The Kier molecular flexibility index (Phi) is 3.15. The molecular formula is C8H10N4O2S3. The summed E-state index contributed by atoms with van der Waals surface area (Å²) < 4.78 is 24.5. The summed E-state index contributed by atoms with van der Waals surface area (Å²) in [6.07, 6.45) is 2.79. The fourth-order valence-corrected chi connectivity index (χ4v) is 3.54. The topological polar surface area (TPSA) is 80.6 Å². The average Bonchev–Trinajstić information content (AvgIpc) is 2.74. The molecule has 0 aromatic carbocycles. The molecule has 0 aliphatic rings. The Morgan fingerprint density at radius 1 is 1.59 bits per heavy atom. The second-order valence-corrected chi connectivity index (χ2v) is 7.24. The number of aromatic nitrogens is 4. The monoisotopic (exact) mass is 290 g/mol. The van der Waals surface area contributed by atoms with Crippen LogP contribution in [0.5, 0.6) is 0 Å². The number of thiazole rings is 1. The van der Waals surface area contributed by atoms with E-state index in [1.54, 1.807) is 17.8 Å². The molecule has 2 heterocycles. The van der Waals surface area contributed by atoms with E-state index >= 15 is 0 Å². The van der Waals surface area contributed by atoms with E-state index < -0.39 is 9.84 Å². The van der Waals surface area contributed by atoms with E-state index in [0.29, 0.717) is 15.6 Å². The lowest BCUT2D eigenvalue weighted by Gasteiger charge is -1.94. The summed E-state index contributed by atoms with van der Waals surface area (Å²) in [6, 6.07) is 0. The van der Waals surface area contributed by atoms with Gasteiger partial charge in [0.1, 0.15) is 10.8 Å². The van der Waals surface area contributed by atoms with Crippen LogP contribution in [0.25, 0.3) is 10.7 Å². The highest BCUT2D eigenvalue weighted by Gasteiger charge is 2.13. The van der Waals surface area contributed by atoms with Gasteiger partial charge in [-0.05, 0) is 12.2 Å². The van der Waals surface area contributed by atoms with Crippen molar-refractivity contribution in [3.05, 3.63) is 16.0 Å². The first-order valence-electron chi connectivity index (χ1n) is 4.61. The van der Waals surface area contributed by atoms with Crippen LogP contribution < -0.4 is 0 Å². The third-order valence-corrected chi connectivity index (χ3v) is 4.38. The maximum atomic E-state index is 11.1. The molecule has 1 N–H and O–H groups in total. The number of nitrogens with one attached hydrogen (secondary N) is 1. The molecule has 0 amide bonds. The molecule has 0 aliphatic heterocycles. The molecule has 0 bridgehead atoms. The minimum absolute atomic E-state index is 0.0491. The van der Waals surface area contributed by atoms with Crippen molar-refractivity contribution in [2.75, 3.05) is 6.26 Å². The van der Waals surface area contributed by atoms with Crippen molar-refractivity contribution in [1.29, 1.82) is 0 Å². The van der Waals surface area contributed by atoms with Crippen LogP contribution in [0.1, 0.15) is 5.01 Å². The van der Waals surface area contributed by atoms with Gasteiger partial charge in [0.25, 0.3) is 0 Å². The third-order valence-electron chi connectivity index (χ3n) is 2.04. The van der Waals surface area contributed by atoms with Gasteiger partial charge in [-0.1, -0.05) is 0 Å². The Morgan fingerprint density at radius 3 is 2.82 bits per heavy atom. The molecule has 92 valence electrons. The maximum absolute atomic E-state index is 11.1. The molecule has 0 saturated heterocycles. The number of hydrogen-bond donors (Lipinski definition) is 1. The number of sulfone groups is 1. The molecule has 0 saturated carbocycles. The van der Waals surface area contributed by atoms with Crippen molar-refractivity contribution < 1.29 is 8.42 Å². The van der Waals surface area contributed by atoms with Gasteiger partial charge >= 0.3 is 0 Å². The average molecular weight is 290 g/mol. The first-order chi connectivity index (χ1) is 7.87. The van der Waals surface area contributed by atoms with E-state index in [4.69, 9.17) is 12.2 Å². The third kappa shape index (κ3) is 2.79. The molecule has 9 heteroatoms. The molecule has 2 aromatic rings. The maximum Gasteiger partial charge on any atom is 0.195 e. The van der Waals surface area contributed by atoms with Crippen LogP contribution in [-0.4, -0.2) is 34.4 Å². The number of nitrogens with zero attached hydrogens (tertiary/aromatic N) is 3. The molecule has 0 spiro atoms. The number of H-pyrrole nitrogens is 1. The SMILES string of the molecule is Cn1c(-c2cnc(CS(C)(=O)=O)s2)n[nH]c1=S. The summed E-state index contributed by atoms with van der Waals surface area (Å²) in [4.78, 5) is 4.86. The van der Waals surface area contributed by atoms with Gasteiger partial charge in [0.2, 0.25) is 0 Å². The predicted molar refractivity (Wildman–Crippen MR) is 68.0 cm³/mol. The lowest BCUT2D eigenvalue weighted by Crippen LogP contribution is -1.99. The zero-order chi connectivity index (χ0) is 12.6. The fraction of sp³-hybridized carbons (Fsp3) is 0.375. The van der Waals surface area contributed by atoms with E-state index in [9.17, 15) is 8.42 Å². The van der Waals surface area contributed by atoms with Gasteiger partial charge < -0.3 is 4.57 Å². The Labute approximate surface area is 107 Å². The largest absolute Gasteiger partial charge is 0.303 e. The van der Waals surface area contributed by atoms with Crippen LogP contribution in [0.3, 0.4) is 0 Å². The zero-order valence-corrected chi connectivity index (χ0v) is 11.6. The molecule has 6 nitrogen and oxygen atoms in total. The Balaban J connectivity index is 2.37. The molecule has 2 aromatic heterocycles. The Bertz CT molecular complexity index is 694. The molecule has 0 unspecified atom stereocenters. The fourth-order valence-electron chi connectivity index (χ4n) is 1.27. The van der Waals surface area contributed by atoms with Crippen LogP contribution in [-0.2, 0) is 22.6 Å². The second-order valence-electron chi connectivity index (χ2n) is 3.60. The zero-order valence-electron chi connectivity index (χ0n) is 9.17. The molecule has 0 atom stereocenters. The summed E-state index contributed by atoms with van der Waals surface area (Å²) in [5.74, 6) is 0.610. The molecule has 17 heavy (non-hydrogen) atoms. The van der Waals surface area contributed by atoms with Crippen molar-refractivity contribution >= 4 is 33.4 Å². The highest BCUT2D eigenvalue weighted by Crippen LogP contribution is 2.24. The molecule has 0 radical (unpaired) electrons. The van der Waals surface area contributed by atoms with Gasteiger partial charge in [0, 0.05) is 19.5 Å². The lowest BCUT2D eigenvalue weighted by atomic mass is 10.5. The van der Waals surface area contributed by atoms with Crippen molar-refractivity contribution in [2.24, 2.45) is 7.05 Å². The summed E-state index contributed by atoms with van der Waals surface area (Å²) in [6.45, 7) is 0. The van der Waals surface area contributed by atoms with Crippen LogP contribution in [0.4, 0.5) is 0 Å². The van der Waals surface area contributed by atoms with E-state index in [2.05, 4.69) is 15.2 Å². The summed E-state index contributed by atoms with van der Waals surface area (Å²) >= 11 is 6.30.